The number of carbonyl (C=O) groups excluding carboxylic acids is 1. The van der Waals surface area contributed by atoms with E-state index in [9.17, 15) is 4.79 Å². The lowest BCUT2D eigenvalue weighted by Gasteiger charge is -2.46. The molecule has 4 heteroatoms. The molecular weight excluding hydrogens is 238 g/mol. The highest BCUT2D eigenvalue weighted by Gasteiger charge is 2.35. The molecule has 0 aromatic rings. The van der Waals surface area contributed by atoms with E-state index in [4.69, 9.17) is 0 Å². The van der Waals surface area contributed by atoms with Gasteiger partial charge in [-0.15, -0.1) is 0 Å². The van der Waals surface area contributed by atoms with Crippen LogP contribution in [-0.2, 0) is 4.79 Å². The monoisotopic (exact) mass is 265 g/mol. The Labute approximate surface area is 116 Å². The Bertz CT molecular complexity index is 319. The van der Waals surface area contributed by atoms with Crippen molar-refractivity contribution < 1.29 is 4.79 Å². The maximum atomic E-state index is 12.4. The van der Waals surface area contributed by atoms with Crippen molar-refractivity contribution in [2.24, 2.45) is 5.92 Å². The Morgan fingerprint density at radius 3 is 2.37 bits per heavy atom. The smallest absolute Gasteiger partial charge is 0.239 e. The molecule has 0 aromatic carbocycles. The highest BCUT2D eigenvalue weighted by Crippen LogP contribution is 2.27. The predicted molar refractivity (Wildman–Crippen MR) is 76.0 cm³/mol. The molecule has 4 aliphatic rings. The van der Waals surface area contributed by atoms with Gasteiger partial charge in [0.1, 0.15) is 0 Å². The minimum atomic E-state index is -0.0105. The summed E-state index contributed by atoms with van der Waals surface area (Å²) in [7, 11) is 0. The quantitative estimate of drug-likeness (QED) is 0.829. The Hall–Kier alpha value is -0.610. The molecule has 1 amide bonds. The van der Waals surface area contributed by atoms with Gasteiger partial charge in [0.15, 0.2) is 0 Å². The Balaban J connectivity index is 1.52. The van der Waals surface area contributed by atoms with Gasteiger partial charge in [-0.1, -0.05) is 0 Å². The average Bonchev–Trinajstić information content (AvgIpc) is 2.48. The van der Waals surface area contributed by atoms with Crippen molar-refractivity contribution >= 4 is 5.91 Å². The molecule has 2 unspecified atom stereocenters. The maximum absolute atomic E-state index is 12.4. The van der Waals surface area contributed by atoms with Crippen LogP contribution in [-0.4, -0.2) is 60.5 Å². The molecular formula is C15H27N3O. The number of nitrogens with zero attached hydrogens (tertiary/aromatic N) is 2. The van der Waals surface area contributed by atoms with Gasteiger partial charge in [0.25, 0.3) is 0 Å². The summed E-state index contributed by atoms with van der Waals surface area (Å²) >= 11 is 0. The van der Waals surface area contributed by atoms with Crippen LogP contribution in [0.5, 0.6) is 0 Å². The van der Waals surface area contributed by atoms with Crippen LogP contribution in [0.15, 0.2) is 0 Å². The van der Waals surface area contributed by atoms with Crippen molar-refractivity contribution in [1.29, 1.82) is 0 Å². The lowest BCUT2D eigenvalue weighted by Crippen LogP contribution is -2.60. The van der Waals surface area contributed by atoms with E-state index in [1.807, 2.05) is 0 Å². The van der Waals surface area contributed by atoms with Gasteiger partial charge in [0, 0.05) is 25.7 Å². The molecule has 4 aliphatic heterocycles. The van der Waals surface area contributed by atoms with Crippen LogP contribution < -0.4 is 5.32 Å². The molecule has 2 atom stereocenters. The number of hydrogen-bond donors (Lipinski definition) is 1. The van der Waals surface area contributed by atoms with Crippen LogP contribution in [0.3, 0.4) is 0 Å². The van der Waals surface area contributed by atoms with E-state index >= 15 is 0 Å². The SMILES string of the molecule is CC(NC1CN2CCC1CC2)C(=O)N1CCCCC1. The summed E-state index contributed by atoms with van der Waals surface area (Å²) < 4.78 is 0. The van der Waals surface area contributed by atoms with Crippen LogP contribution >= 0.6 is 0 Å². The number of piperidine rings is 4. The number of amides is 1. The highest BCUT2D eigenvalue weighted by atomic mass is 16.2. The summed E-state index contributed by atoms with van der Waals surface area (Å²) in [5, 5.41) is 3.61. The first-order valence-electron chi connectivity index (χ1n) is 8.01. The summed E-state index contributed by atoms with van der Waals surface area (Å²) in [5.74, 6) is 1.11. The lowest BCUT2D eigenvalue weighted by molar-refractivity contribution is -0.134. The van der Waals surface area contributed by atoms with Gasteiger partial charge in [-0.2, -0.15) is 0 Å². The molecule has 2 bridgehead atoms. The van der Waals surface area contributed by atoms with Crippen molar-refractivity contribution in [3.63, 3.8) is 0 Å². The zero-order chi connectivity index (χ0) is 13.2. The third kappa shape index (κ3) is 2.95. The second-order valence-electron chi connectivity index (χ2n) is 6.52. The van der Waals surface area contributed by atoms with Gasteiger partial charge in [-0.05, 0) is 58.0 Å². The second-order valence-corrected chi connectivity index (χ2v) is 6.52. The molecule has 0 spiro atoms. The molecule has 0 saturated carbocycles. The highest BCUT2D eigenvalue weighted by molar-refractivity contribution is 5.81. The van der Waals surface area contributed by atoms with E-state index in [-0.39, 0.29) is 6.04 Å². The lowest BCUT2D eigenvalue weighted by atomic mass is 9.83. The summed E-state index contributed by atoms with van der Waals surface area (Å²) in [5.41, 5.74) is 0. The molecule has 0 aliphatic carbocycles. The zero-order valence-corrected chi connectivity index (χ0v) is 12.1. The van der Waals surface area contributed by atoms with Crippen molar-refractivity contribution in [2.45, 2.75) is 51.1 Å². The molecule has 108 valence electrons. The average molecular weight is 265 g/mol. The van der Waals surface area contributed by atoms with Crippen LogP contribution in [0, 0.1) is 5.92 Å². The van der Waals surface area contributed by atoms with Crippen molar-refractivity contribution in [2.75, 3.05) is 32.7 Å². The topological polar surface area (TPSA) is 35.6 Å². The number of likely N-dealkylation sites (tertiary alicyclic amines) is 1. The first-order valence-corrected chi connectivity index (χ1v) is 8.01. The van der Waals surface area contributed by atoms with Crippen molar-refractivity contribution in [1.82, 2.24) is 15.1 Å². The number of carbonyl (C=O) groups is 1. The molecule has 4 nitrogen and oxygen atoms in total. The van der Waals surface area contributed by atoms with Gasteiger partial charge in [-0.3, -0.25) is 4.79 Å². The minimum absolute atomic E-state index is 0.0105. The number of hydrogen-bond acceptors (Lipinski definition) is 3. The predicted octanol–water partition coefficient (Wildman–Crippen LogP) is 1.07. The van der Waals surface area contributed by atoms with Gasteiger partial charge in [-0.25, -0.2) is 0 Å². The van der Waals surface area contributed by atoms with Crippen LogP contribution in [0.25, 0.3) is 0 Å². The Morgan fingerprint density at radius 1 is 1.11 bits per heavy atom. The van der Waals surface area contributed by atoms with Gasteiger partial charge in [0.05, 0.1) is 6.04 Å². The summed E-state index contributed by atoms with van der Waals surface area (Å²) in [6.07, 6.45) is 6.26. The largest absolute Gasteiger partial charge is 0.341 e. The summed E-state index contributed by atoms with van der Waals surface area (Å²) in [6.45, 7) is 7.64. The molecule has 4 rings (SSSR count). The minimum Gasteiger partial charge on any atom is -0.341 e. The molecule has 4 saturated heterocycles. The van der Waals surface area contributed by atoms with Crippen molar-refractivity contribution in [3.8, 4) is 0 Å². The molecule has 4 fully saturated rings. The summed E-state index contributed by atoms with van der Waals surface area (Å²) in [6, 6.07) is 0.523. The second kappa shape index (κ2) is 5.80. The van der Waals surface area contributed by atoms with Crippen molar-refractivity contribution in [3.05, 3.63) is 0 Å². The zero-order valence-electron chi connectivity index (χ0n) is 12.1. The first kappa shape index (κ1) is 13.4. The maximum Gasteiger partial charge on any atom is 0.239 e. The van der Waals surface area contributed by atoms with E-state index in [1.54, 1.807) is 0 Å². The number of nitrogens with one attached hydrogen (secondary N) is 1. The fourth-order valence-electron chi connectivity index (χ4n) is 3.93. The fourth-order valence-corrected chi connectivity index (χ4v) is 3.93. The van der Waals surface area contributed by atoms with Crippen LogP contribution in [0.2, 0.25) is 0 Å². The molecule has 1 N–H and O–H groups in total. The normalized spacial score (nSPS) is 36.3. The van der Waals surface area contributed by atoms with E-state index in [1.165, 1.54) is 45.2 Å². The van der Waals surface area contributed by atoms with E-state index in [0.717, 1.165) is 25.6 Å². The van der Waals surface area contributed by atoms with E-state index in [2.05, 4.69) is 22.0 Å². The Morgan fingerprint density at radius 2 is 1.79 bits per heavy atom. The third-order valence-electron chi connectivity index (χ3n) is 5.16. The summed E-state index contributed by atoms with van der Waals surface area (Å²) in [4.78, 5) is 17.0. The van der Waals surface area contributed by atoms with Gasteiger partial charge < -0.3 is 15.1 Å². The molecule has 0 radical (unpaired) electrons. The molecule has 4 heterocycles. The molecule has 0 aromatic heterocycles. The van der Waals surface area contributed by atoms with Crippen LogP contribution in [0.4, 0.5) is 0 Å². The number of fused-ring (bicyclic) bond motifs is 3. The van der Waals surface area contributed by atoms with E-state index in [0.29, 0.717) is 11.9 Å². The number of rotatable bonds is 3. The fraction of sp³-hybridized carbons (Fsp3) is 0.933. The standard InChI is InChI=1S/C15H27N3O/c1-12(15(19)18-7-3-2-4-8-18)16-14-11-17-9-5-13(14)6-10-17/h12-14,16H,2-11H2,1H3. The first-order chi connectivity index (χ1) is 9.24. The van der Waals surface area contributed by atoms with Gasteiger partial charge in [0.2, 0.25) is 5.91 Å². The molecule has 19 heavy (non-hydrogen) atoms. The third-order valence-corrected chi connectivity index (χ3v) is 5.16. The van der Waals surface area contributed by atoms with E-state index < -0.39 is 0 Å². The van der Waals surface area contributed by atoms with Gasteiger partial charge >= 0.3 is 0 Å². The Kier molecular flexibility index (Phi) is 4.08. The van der Waals surface area contributed by atoms with Crippen LogP contribution in [0.1, 0.15) is 39.0 Å².